The summed E-state index contributed by atoms with van der Waals surface area (Å²) >= 11 is 3.73. The van der Waals surface area contributed by atoms with Gasteiger partial charge in [-0.2, -0.15) is 0 Å². The molecule has 20 heavy (non-hydrogen) atoms. The topological polar surface area (TPSA) is 9.23 Å². The van der Waals surface area contributed by atoms with Gasteiger partial charge in [-0.1, -0.05) is 81.9 Å². The third kappa shape index (κ3) is 17.5. The van der Waals surface area contributed by atoms with Gasteiger partial charge in [0.1, 0.15) is 0 Å². The minimum absolute atomic E-state index is 0.783. The van der Waals surface area contributed by atoms with E-state index in [0.717, 1.165) is 13.0 Å². The molecule has 1 nitrogen and oxygen atoms in total. The molecule has 116 valence electrons. The highest BCUT2D eigenvalue weighted by Crippen LogP contribution is 2.07. The zero-order valence-electron chi connectivity index (χ0n) is 13.1. The first-order chi connectivity index (χ1) is 9.91. The standard InChI is InChI=1S/C18H32OS/c1-2-3-4-5-6-7-8-9-10-11-12-13-14-15-16-17-18-19-20/h5-10,20H,2-4,11-18H2,1H3. The Bertz CT molecular complexity index is 256. The van der Waals surface area contributed by atoms with E-state index in [2.05, 4.69) is 56.3 Å². The molecule has 0 saturated heterocycles. The molecule has 0 saturated carbocycles. The molecule has 0 amide bonds. The second-order valence-corrected chi connectivity index (χ2v) is 5.38. The lowest BCUT2D eigenvalue weighted by atomic mass is 10.1. The third-order valence-electron chi connectivity index (χ3n) is 3.19. The average molecular weight is 297 g/mol. The summed E-state index contributed by atoms with van der Waals surface area (Å²) in [5, 5.41) is 0. The number of thiol groups is 1. The second kappa shape index (κ2) is 18.5. The number of allylic oxidation sites excluding steroid dienone is 6. The number of rotatable bonds is 14. The van der Waals surface area contributed by atoms with Crippen molar-refractivity contribution in [3.8, 4) is 0 Å². The Morgan fingerprint density at radius 1 is 0.700 bits per heavy atom. The molecule has 0 aliphatic carbocycles. The molecular formula is C18H32OS. The van der Waals surface area contributed by atoms with Gasteiger partial charge in [0.25, 0.3) is 0 Å². The molecule has 0 unspecified atom stereocenters. The van der Waals surface area contributed by atoms with Gasteiger partial charge in [-0.3, -0.25) is 0 Å². The van der Waals surface area contributed by atoms with E-state index in [1.807, 2.05) is 0 Å². The number of hydrogen-bond donors (Lipinski definition) is 1. The first kappa shape index (κ1) is 19.5. The fourth-order valence-corrected chi connectivity index (χ4v) is 2.06. The maximum Gasteiger partial charge on any atom is 0.0610 e. The Balaban J connectivity index is 3.23. The van der Waals surface area contributed by atoms with Crippen molar-refractivity contribution in [2.24, 2.45) is 0 Å². The van der Waals surface area contributed by atoms with Gasteiger partial charge in [0.15, 0.2) is 0 Å². The van der Waals surface area contributed by atoms with E-state index in [1.165, 1.54) is 57.8 Å². The van der Waals surface area contributed by atoms with Crippen LogP contribution in [0.5, 0.6) is 0 Å². The Morgan fingerprint density at radius 3 is 1.85 bits per heavy atom. The smallest absolute Gasteiger partial charge is 0.0610 e. The van der Waals surface area contributed by atoms with Crippen LogP contribution in [0.25, 0.3) is 0 Å². The van der Waals surface area contributed by atoms with Gasteiger partial charge in [-0.25, -0.2) is 0 Å². The Hall–Kier alpha value is -0.470. The van der Waals surface area contributed by atoms with Crippen LogP contribution in [0, 0.1) is 0 Å². The molecule has 0 spiro atoms. The minimum atomic E-state index is 0.783. The lowest BCUT2D eigenvalue weighted by Gasteiger charge is -1.99. The second-order valence-electron chi connectivity index (χ2n) is 5.13. The highest BCUT2D eigenvalue weighted by molar-refractivity contribution is 7.75. The summed E-state index contributed by atoms with van der Waals surface area (Å²) in [4.78, 5) is 0. The highest BCUT2D eigenvalue weighted by atomic mass is 32.1. The molecule has 0 aliphatic rings. The molecule has 0 aromatic rings. The fraction of sp³-hybridized carbons (Fsp3) is 0.667. The monoisotopic (exact) mass is 296 g/mol. The van der Waals surface area contributed by atoms with Gasteiger partial charge < -0.3 is 4.18 Å². The van der Waals surface area contributed by atoms with Crippen LogP contribution in [0.15, 0.2) is 36.5 Å². The van der Waals surface area contributed by atoms with Crippen molar-refractivity contribution in [3.63, 3.8) is 0 Å². The normalized spacial score (nSPS) is 12.3. The Morgan fingerprint density at radius 2 is 1.25 bits per heavy atom. The molecule has 0 fully saturated rings. The Kier molecular flexibility index (Phi) is 18.1. The van der Waals surface area contributed by atoms with E-state index in [1.54, 1.807) is 0 Å². The van der Waals surface area contributed by atoms with Crippen LogP contribution in [0.4, 0.5) is 0 Å². The van der Waals surface area contributed by atoms with Crippen molar-refractivity contribution in [3.05, 3.63) is 36.5 Å². The van der Waals surface area contributed by atoms with Gasteiger partial charge >= 0.3 is 0 Å². The van der Waals surface area contributed by atoms with Crippen LogP contribution in [-0.2, 0) is 4.18 Å². The van der Waals surface area contributed by atoms with Crippen LogP contribution in [0.3, 0.4) is 0 Å². The Labute approximate surface area is 131 Å². The average Bonchev–Trinajstić information content (AvgIpc) is 2.47. The van der Waals surface area contributed by atoms with Crippen LogP contribution in [-0.4, -0.2) is 6.61 Å². The van der Waals surface area contributed by atoms with E-state index in [0.29, 0.717) is 0 Å². The largest absolute Gasteiger partial charge is 0.319 e. The van der Waals surface area contributed by atoms with Crippen molar-refractivity contribution in [2.45, 2.75) is 71.1 Å². The SMILES string of the molecule is CCCCC=CC=CC=CCCCCCCCCOS. The van der Waals surface area contributed by atoms with Crippen molar-refractivity contribution in [1.29, 1.82) is 0 Å². The van der Waals surface area contributed by atoms with Gasteiger partial charge in [-0.15, -0.1) is 0 Å². The summed E-state index contributed by atoms with van der Waals surface area (Å²) in [7, 11) is 0. The van der Waals surface area contributed by atoms with E-state index in [4.69, 9.17) is 4.18 Å². The lowest BCUT2D eigenvalue weighted by molar-refractivity contribution is 0.361. The van der Waals surface area contributed by atoms with Gasteiger partial charge in [0.2, 0.25) is 0 Å². The molecular weight excluding hydrogens is 264 g/mol. The highest BCUT2D eigenvalue weighted by Gasteiger charge is 1.90. The first-order valence-electron chi connectivity index (χ1n) is 8.16. The molecule has 2 heteroatoms. The summed E-state index contributed by atoms with van der Waals surface area (Å²) in [6, 6.07) is 0. The summed E-state index contributed by atoms with van der Waals surface area (Å²) in [5.41, 5.74) is 0. The lowest BCUT2D eigenvalue weighted by Crippen LogP contribution is -1.85. The van der Waals surface area contributed by atoms with Gasteiger partial charge in [-0.05, 0) is 38.6 Å². The minimum Gasteiger partial charge on any atom is -0.319 e. The maximum absolute atomic E-state index is 4.74. The summed E-state index contributed by atoms with van der Waals surface area (Å²) in [6.07, 6.45) is 25.7. The van der Waals surface area contributed by atoms with Gasteiger partial charge in [0, 0.05) is 0 Å². The molecule has 0 heterocycles. The predicted octanol–water partition coefficient (Wildman–Crippen LogP) is 6.44. The van der Waals surface area contributed by atoms with E-state index in [-0.39, 0.29) is 0 Å². The van der Waals surface area contributed by atoms with Crippen molar-refractivity contribution >= 4 is 12.9 Å². The predicted molar refractivity (Wildman–Crippen MR) is 94.2 cm³/mol. The van der Waals surface area contributed by atoms with Gasteiger partial charge in [0.05, 0.1) is 6.61 Å². The van der Waals surface area contributed by atoms with Crippen LogP contribution >= 0.6 is 12.9 Å². The maximum atomic E-state index is 4.74. The molecule has 0 N–H and O–H groups in total. The molecule has 0 aliphatic heterocycles. The van der Waals surface area contributed by atoms with E-state index >= 15 is 0 Å². The van der Waals surface area contributed by atoms with Crippen molar-refractivity contribution in [2.75, 3.05) is 6.61 Å². The number of hydrogen-bond acceptors (Lipinski definition) is 2. The zero-order valence-corrected chi connectivity index (χ0v) is 14.0. The quantitative estimate of drug-likeness (QED) is 0.168. The van der Waals surface area contributed by atoms with E-state index in [9.17, 15) is 0 Å². The van der Waals surface area contributed by atoms with Crippen LogP contribution in [0.1, 0.15) is 71.1 Å². The summed E-state index contributed by atoms with van der Waals surface area (Å²) < 4.78 is 4.74. The molecule has 0 radical (unpaired) electrons. The molecule has 0 aromatic heterocycles. The first-order valence-corrected chi connectivity index (χ1v) is 8.53. The summed E-state index contributed by atoms with van der Waals surface area (Å²) in [6.45, 7) is 3.01. The van der Waals surface area contributed by atoms with Crippen LogP contribution < -0.4 is 0 Å². The molecule has 0 bridgehead atoms. The zero-order chi connectivity index (χ0) is 14.7. The van der Waals surface area contributed by atoms with Crippen LogP contribution in [0.2, 0.25) is 0 Å². The van der Waals surface area contributed by atoms with E-state index < -0.39 is 0 Å². The van der Waals surface area contributed by atoms with Crippen molar-refractivity contribution in [1.82, 2.24) is 0 Å². The molecule has 0 atom stereocenters. The molecule has 0 rings (SSSR count). The van der Waals surface area contributed by atoms with Crippen molar-refractivity contribution < 1.29 is 4.18 Å². The number of unbranched alkanes of at least 4 members (excludes halogenated alkanes) is 8. The third-order valence-corrected chi connectivity index (χ3v) is 3.37. The fourth-order valence-electron chi connectivity index (χ4n) is 1.94. The molecule has 0 aromatic carbocycles. The summed E-state index contributed by atoms with van der Waals surface area (Å²) in [5.74, 6) is 0.